The monoisotopic (exact) mass is 322 g/mol. The van der Waals surface area contributed by atoms with Gasteiger partial charge in [0.25, 0.3) is 0 Å². The van der Waals surface area contributed by atoms with Gasteiger partial charge in [-0.15, -0.1) is 0 Å². The van der Waals surface area contributed by atoms with Crippen LogP contribution < -0.4 is 10.6 Å². The van der Waals surface area contributed by atoms with Crippen molar-refractivity contribution in [2.24, 2.45) is 5.92 Å². The van der Waals surface area contributed by atoms with Crippen molar-refractivity contribution in [3.8, 4) is 0 Å². The van der Waals surface area contributed by atoms with Gasteiger partial charge in [-0.3, -0.25) is 9.59 Å². The van der Waals surface area contributed by atoms with Crippen LogP contribution in [0.1, 0.15) is 30.0 Å². The van der Waals surface area contributed by atoms with Crippen LogP contribution in [-0.2, 0) is 16.0 Å². The Balaban J connectivity index is 1.48. The lowest BCUT2D eigenvalue weighted by molar-refractivity contribution is -0.126. The third kappa shape index (κ3) is 4.69. The number of nitrogens with one attached hydrogen (secondary N) is 2. The van der Waals surface area contributed by atoms with Gasteiger partial charge in [0.1, 0.15) is 0 Å². The predicted octanol–water partition coefficient (Wildman–Crippen LogP) is 2.61. The van der Waals surface area contributed by atoms with Crippen LogP contribution in [0.3, 0.4) is 0 Å². The molecule has 4 nitrogen and oxygen atoms in total. The molecule has 3 rings (SSSR count). The van der Waals surface area contributed by atoms with E-state index in [-0.39, 0.29) is 24.4 Å². The molecule has 0 radical (unpaired) electrons. The summed E-state index contributed by atoms with van der Waals surface area (Å²) in [6.07, 6.45) is 2.57. The SMILES string of the molecule is O=C(Cc1ccccc1)NCC(=O)N[C@@H](c1ccccc1)C1CC1. The summed E-state index contributed by atoms with van der Waals surface area (Å²) in [6, 6.07) is 19.6. The highest BCUT2D eigenvalue weighted by atomic mass is 16.2. The zero-order valence-electron chi connectivity index (χ0n) is 13.6. The maximum absolute atomic E-state index is 12.2. The smallest absolute Gasteiger partial charge is 0.239 e. The molecule has 2 N–H and O–H groups in total. The van der Waals surface area contributed by atoms with Crippen molar-refractivity contribution < 1.29 is 9.59 Å². The quantitative estimate of drug-likeness (QED) is 0.823. The molecule has 0 unspecified atom stereocenters. The fraction of sp³-hybridized carbons (Fsp3) is 0.300. The van der Waals surface area contributed by atoms with E-state index in [1.165, 1.54) is 0 Å². The number of amides is 2. The average molecular weight is 322 g/mol. The molecule has 1 atom stereocenters. The predicted molar refractivity (Wildman–Crippen MR) is 93.2 cm³/mol. The summed E-state index contributed by atoms with van der Waals surface area (Å²) < 4.78 is 0. The summed E-state index contributed by atoms with van der Waals surface area (Å²) in [5.41, 5.74) is 2.07. The highest BCUT2D eigenvalue weighted by Crippen LogP contribution is 2.40. The summed E-state index contributed by atoms with van der Waals surface area (Å²) in [5.74, 6) is 0.229. The van der Waals surface area contributed by atoms with Crippen LogP contribution in [0.5, 0.6) is 0 Å². The summed E-state index contributed by atoms with van der Waals surface area (Å²) in [5, 5.41) is 5.76. The van der Waals surface area contributed by atoms with Gasteiger partial charge in [-0.05, 0) is 29.9 Å². The van der Waals surface area contributed by atoms with Crippen molar-refractivity contribution in [1.29, 1.82) is 0 Å². The first-order chi connectivity index (χ1) is 11.7. The number of rotatable bonds is 7. The highest BCUT2D eigenvalue weighted by Gasteiger charge is 2.33. The van der Waals surface area contributed by atoms with Crippen LogP contribution in [0.2, 0.25) is 0 Å². The molecular weight excluding hydrogens is 300 g/mol. The minimum atomic E-state index is -0.142. The summed E-state index contributed by atoms with van der Waals surface area (Å²) in [7, 11) is 0. The second kappa shape index (κ2) is 7.77. The number of carbonyl (C=O) groups is 2. The summed E-state index contributed by atoms with van der Waals surface area (Å²) in [4.78, 5) is 24.1. The molecule has 1 saturated carbocycles. The Bertz CT molecular complexity index is 681. The molecule has 1 fully saturated rings. The van der Waals surface area contributed by atoms with Gasteiger partial charge in [-0.2, -0.15) is 0 Å². The largest absolute Gasteiger partial charge is 0.347 e. The van der Waals surface area contributed by atoms with E-state index in [1.807, 2.05) is 60.7 Å². The van der Waals surface area contributed by atoms with E-state index < -0.39 is 0 Å². The Morgan fingerprint density at radius 3 is 2.17 bits per heavy atom. The molecule has 24 heavy (non-hydrogen) atoms. The first-order valence-electron chi connectivity index (χ1n) is 8.37. The van der Waals surface area contributed by atoms with Gasteiger partial charge >= 0.3 is 0 Å². The molecule has 1 aliphatic rings. The third-order valence-electron chi connectivity index (χ3n) is 4.22. The number of benzene rings is 2. The normalized spacial score (nSPS) is 14.7. The van der Waals surface area contributed by atoms with Crippen LogP contribution in [0, 0.1) is 5.92 Å². The molecule has 0 aromatic heterocycles. The van der Waals surface area contributed by atoms with Crippen molar-refractivity contribution in [2.75, 3.05) is 6.54 Å². The zero-order valence-corrected chi connectivity index (χ0v) is 13.6. The van der Waals surface area contributed by atoms with Gasteiger partial charge in [0.15, 0.2) is 0 Å². The number of hydrogen-bond donors (Lipinski definition) is 2. The Kier molecular flexibility index (Phi) is 5.26. The van der Waals surface area contributed by atoms with Crippen LogP contribution >= 0.6 is 0 Å². The first-order valence-corrected chi connectivity index (χ1v) is 8.37. The van der Waals surface area contributed by atoms with Gasteiger partial charge in [0.2, 0.25) is 11.8 Å². The van der Waals surface area contributed by atoms with Crippen molar-refractivity contribution >= 4 is 11.8 Å². The van der Waals surface area contributed by atoms with E-state index in [9.17, 15) is 9.59 Å². The second-order valence-corrected chi connectivity index (χ2v) is 6.23. The molecule has 124 valence electrons. The van der Waals surface area contributed by atoms with Crippen LogP contribution in [-0.4, -0.2) is 18.4 Å². The summed E-state index contributed by atoms with van der Waals surface area (Å²) in [6.45, 7) is 0.0156. The Morgan fingerprint density at radius 1 is 0.917 bits per heavy atom. The van der Waals surface area contributed by atoms with E-state index >= 15 is 0 Å². The fourth-order valence-electron chi connectivity index (χ4n) is 2.81. The molecule has 0 saturated heterocycles. The van der Waals surface area contributed by atoms with Crippen molar-refractivity contribution in [3.63, 3.8) is 0 Å². The fourth-order valence-corrected chi connectivity index (χ4v) is 2.81. The zero-order chi connectivity index (χ0) is 16.8. The van der Waals surface area contributed by atoms with Crippen LogP contribution in [0.25, 0.3) is 0 Å². The Morgan fingerprint density at radius 2 is 1.54 bits per heavy atom. The molecule has 0 heterocycles. The van der Waals surface area contributed by atoms with Crippen molar-refractivity contribution in [3.05, 3.63) is 71.8 Å². The molecule has 0 aliphatic heterocycles. The van der Waals surface area contributed by atoms with Crippen LogP contribution in [0.4, 0.5) is 0 Å². The molecular formula is C20H22N2O2. The van der Waals surface area contributed by atoms with Gasteiger partial charge < -0.3 is 10.6 Å². The third-order valence-corrected chi connectivity index (χ3v) is 4.22. The van der Waals surface area contributed by atoms with E-state index in [2.05, 4.69) is 10.6 Å². The number of carbonyl (C=O) groups excluding carboxylic acids is 2. The van der Waals surface area contributed by atoms with E-state index in [0.29, 0.717) is 12.3 Å². The lowest BCUT2D eigenvalue weighted by atomic mass is 10.0. The lowest BCUT2D eigenvalue weighted by Gasteiger charge is -2.19. The maximum Gasteiger partial charge on any atom is 0.239 e. The van der Waals surface area contributed by atoms with Crippen LogP contribution in [0.15, 0.2) is 60.7 Å². The first kappa shape index (κ1) is 16.2. The average Bonchev–Trinajstić information content (AvgIpc) is 3.44. The standard InChI is InChI=1S/C20H22N2O2/c23-18(13-15-7-3-1-4-8-15)21-14-19(24)22-20(17-11-12-17)16-9-5-2-6-10-16/h1-10,17,20H,11-14H2,(H,21,23)(H,22,24)/t20-/m0/s1. The van der Waals surface area contributed by atoms with E-state index in [4.69, 9.17) is 0 Å². The molecule has 2 aromatic rings. The topological polar surface area (TPSA) is 58.2 Å². The van der Waals surface area contributed by atoms with Gasteiger partial charge in [0, 0.05) is 0 Å². The Hall–Kier alpha value is -2.62. The summed E-state index contributed by atoms with van der Waals surface area (Å²) >= 11 is 0. The maximum atomic E-state index is 12.2. The molecule has 2 aromatic carbocycles. The minimum Gasteiger partial charge on any atom is -0.347 e. The molecule has 1 aliphatic carbocycles. The Labute approximate surface area is 142 Å². The highest BCUT2D eigenvalue weighted by molar-refractivity contribution is 5.85. The van der Waals surface area contributed by atoms with Gasteiger partial charge in [-0.25, -0.2) is 0 Å². The molecule has 0 bridgehead atoms. The van der Waals surface area contributed by atoms with E-state index in [1.54, 1.807) is 0 Å². The van der Waals surface area contributed by atoms with Gasteiger partial charge in [-0.1, -0.05) is 60.7 Å². The van der Waals surface area contributed by atoms with E-state index in [0.717, 1.165) is 24.0 Å². The molecule has 2 amide bonds. The lowest BCUT2D eigenvalue weighted by Crippen LogP contribution is -2.39. The minimum absolute atomic E-state index is 0.0156. The van der Waals surface area contributed by atoms with Crippen molar-refractivity contribution in [2.45, 2.75) is 25.3 Å². The van der Waals surface area contributed by atoms with Gasteiger partial charge in [0.05, 0.1) is 19.0 Å². The van der Waals surface area contributed by atoms with Crippen molar-refractivity contribution in [1.82, 2.24) is 10.6 Å². The molecule has 4 heteroatoms. The second-order valence-electron chi connectivity index (χ2n) is 6.23. The molecule has 0 spiro atoms. The number of hydrogen-bond acceptors (Lipinski definition) is 2.